The molecular weight excluding hydrogens is 321 g/mol. The lowest BCUT2D eigenvalue weighted by Crippen LogP contribution is -2.37. The van der Waals surface area contributed by atoms with Gasteiger partial charge in [0.1, 0.15) is 0 Å². The van der Waals surface area contributed by atoms with Crippen LogP contribution in [0.3, 0.4) is 0 Å². The molecule has 1 aromatic heterocycles. The van der Waals surface area contributed by atoms with Gasteiger partial charge in [-0.3, -0.25) is 4.79 Å². The number of rotatable bonds is 2. The SMILES string of the molecule is CC(C)n1cnc2c1CN(C(=O)c1ccc(Cl)c(Cl)c1)CC2. The molecule has 6 heteroatoms. The molecule has 22 heavy (non-hydrogen) atoms. The van der Waals surface area contributed by atoms with Crippen molar-refractivity contribution < 1.29 is 4.79 Å². The van der Waals surface area contributed by atoms with E-state index in [4.69, 9.17) is 23.2 Å². The Kier molecular flexibility index (Phi) is 4.15. The largest absolute Gasteiger partial charge is 0.332 e. The molecule has 0 saturated heterocycles. The van der Waals surface area contributed by atoms with E-state index in [0.29, 0.717) is 34.7 Å². The lowest BCUT2D eigenvalue weighted by atomic mass is 10.1. The lowest BCUT2D eigenvalue weighted by Gasteiger charge is -2.28. The van der Waals surface area contributed by atoms with Crippen molar-refractivity contribution in [3.05, 3.63) is 51.5 Å². The first-order valence-corrected chi connectivity index (χ1v) is 8.02. The fraction of sp³-hybridized carbons (Fsp3) is 0.375. The molecule has 0 spiro atoms. The third-order valence-corrected chi connectivity index (χ3v) is 4.69. The summed E-state index contributed by atoms with van der Waals surface area (Å²) in [7, 11) is 0. The fourth-order valence-corrected chi connectivity index (χ4v) is 3.04. The summed E-state index contributed by atoms with van der Waals surface area (Å²) in [5.41, 5.74) is 2.77. The number of amides is 1. The molecule has 4 nitrogen and oxygen atoms in total. The maximum absolute atomic E-state index is 12.7. The Labute approximate surface area is 139 Å². The molecule has 0 aliphatic carbocycles. The van der Waals surface area contributed by atoms with Crippen LogP contribution in [0.4, 0.5) is 0 Å². The van der Waals surface area contributed by atoms with E-state index in [-0.39, 0.29) is 5.91 Å². The summed E-state index contributed by atoms with van der Waals surface area (Å²) in [5.74, 6) is -0.0271. The number of nitrogens with zero attached hydrogens (tertiary/aromatic N) is 3. The summed E-state index contributed by atoms with van der Waals surface area (Å²) < 4.78 is 2.13. The first-order valence-electron chi connectivity index (χ1n) is 7.26. The third kappa shape index (κ3) is 2.73. The van der Waals surface area contributed by atoms with Crippen molar-refractivity contribution in [2.24, 2.45) is 0 Å². The summed E-state index contributed by atoms with van der Waals surface area (Å²) in [4.78, 5) is 19.0. The average Bonchev–Trinajstić information content (AvgIpc) is 2.92. The molecule has 1 aliphatic heterocycles. The number of benzene rings is 1. The molecule has 1 aliphatic rings. The normalized spacial score (nSPS) is 14.3. The van der Waals surface area contributed by atoms with Gasteiger partial charge in [0.2, 0.25) is 0 Å². The molecule has 2 aromatic rings. The van der Waals surface area contributed by atoms with E-state index in [0.717, 1.165) is 17.8 Å². The van der Waals surface area contributed by atoms with E-state index in [1.54, 1.807) is 18.2 Å². The van der Waals surface area contributed by atoms with E-state index < -0.39 is 0 Å². The second-order valence-corrected chi connectivity index (χ2v) is 6.56. The highest BCUT2D eigenvalue weighted by Crippen LogP contribution is 2.26. The van der Waals surface area contributed by atoms with Crippen molar-refractivity contribution in [1.29, 1.82) is 0 Å². The Morgan fingerprint density at radius 2 is 2.05 bits per heavy atom. The Hall–Kier alpha value is -1.52. The first kappa shape index (κ1) is 15.4. The molecule has 0 bridgehead atoms. The average molecular weight is 338 g/mol. The van der Waals surface area contributed by atoms with Crippen LogP contribution in [0.1, 0.15) is 41.6 Å². The van der Waals surface area contributed by atoms with Crippen molar-refractivity contribution in [2.75, 3.05) is 6.54 Å². The molecule has 1 aromatic carbocycles. The van der Waals surface area contributed by atoms with Gasteiger partial charge in [0.25, 0.3) is 5.91 Å². The first-order chi connectivity index (χ1) is 10.5. The van der Waals surface area contributed by atoms with Gasteiger partial charge in [-0.25, -0.2) is 4.98 Å². The van der Waals surface area contributed by atoms with Crippen LogP contribution < -0.4 is 0 Å². The van der Waals surface area contributed by atoms with Crippen molar-refractivity contribution >= 4 is 29.1 Å². The van der Waals surface area contributed by atoms with Crippen LogP contribution in [0.5, 0.6) is 0 Å². The topological polar surface area (TPSA) is 38.1 Å². The van der Waals surface area contributed by atoms with Gasteiger partial charge in [0.15, 0.2) is 0 Å². The number of hydrogen-bond acceptors (Lipinski definition) is 2. The molecule has 116 valence electrons. The summed E-state index contributed by atoms with van der Waals surface area (Å²) in [6.45, 7) is 5.47. The zero-order chi connectivity index (χ0) is 15.9. The molecule has 0 atom stereocenters. The van der Waals surface area contributed by atoms with Crippen LogP contribution in [0, 0.1) is 0 Å². The fourth-order valence-electron chi connectivity index (χ4n) is 2.74. The second kappa shape index (κ2) is 5.94. The van der Waals surface area contributed by atoms with Crippen LogP contribution in [-0.2, 0) is 13.0 Å². The highest BCUT2D eigenvalue weighted by molar-refractivity contribution is 6.42. The summed E-state index contributed by atoms with van der Waals surface area (Å²) in [6.07, 6.45) is 2.64. The zero-order valence-corrected chi connectivity index (χ0v) is 14.0. The predicted octanol–water partition coefficient (Wildman–Crippen LogP) is 3.97. The molecule has 0 radical (unpaired) electrons. The highest BCUT2D eigenvalue weighted by Gasteiger charge is 2.26. The molecule has 0 N–H and O–H groups in total. The third-order valence-electron chi connectivity index (χ3n) is 3.95. The minimum Gasteiger partial charge on any atom is -0.332 e. The van der Waals surface area contributed by atoms with Crippen LogP contribution in [0.2, 0.25) is 10.0 Å². The van der Waals surface area contributed by atoms with Crippen molar-refractivity contribution in [1.82, 2.24) is 14.5 Å². The number of halogens is 2. The smallest absolute Gasteiger partial charge is 0.254 e. The molecular formula is C16H17Cl2N3O. The van der Waals surface area contributed by atoms with Gasteiger partial charge in [-0.15, -0.1) is 0 Å². The summed E-state index contributed by atoms with van der Waals surface area (Å²) in [6, 6.07) is 5.33. The number of imidazole rings is 1. The van der Waals surface area contributed by atoms with Gasteiger partial charge in [-0.1, -0.05) is 23.2 Å². The number of fused-ring (bicyclic) bond motifs is 1. The molecule has 0 saturated carbocycles. The van der Waals surface area contributed by atoms with E-state index in [1.165, 1.54) is 0 Å². The predicted molar refractivity (Wildman–Crippen MR) is 87.5 cm³/mol. The minimum absolute atomic E-state index is 0.0271. The number of aromatic nitrogens is 2. The van der Waals surface area contributed by atoms with Crippen LogP contribution in [0.25, 0.3) is 0 Å². The highest BCUT2D eigenvalue weighted by atomic mass is 35.5. The van der Waals surface area contributed by atoms with Gasteiger partial charge in [0.05, 0.1) is 34.3 Å². The van der Waals surface area contributed by atoms with Gasteiger partial charge in [0, 0.05) is 24.6 Å². The molecule has 0 fully saturated rings. The Balaban J connectivity index is 1.85. The Morgan fingerprint density at radius 3 is 2.73 bits per heavy atom. The maximum Gasteiger partial charge on any atom is 0.254 e. The molecule has 1 amide bonds. The Bertz CT molecular complexity index is 724. The molecule has 3 rings (SSSR count). The van der Waals surface area contributed by atoms with E-state index in [2.05, 4.69) is 23.4 Å². The van der Waals surface area contributed by atoms with Crippen LogP contribution in [0.15, 0.2) is 24.5 Å². The van der Waals surface area contributed by atoms with Crippen molar-refractivity contribution in [3.8, 4) is 0 Å². The quantitative estimate of drug-likeness (QED) is 0.831. The standard InChI is InChI=1S/C16H17Cl2N3O/c1-10(2)21-9-19-14-5-6-20(8-15(14)21)16(22)11-3-4-12(17)13(18)7-11/h3-4,7,9-10H,5-6,8H2,1-2H3. The minimum atomic E-state index is -0.0271. The van der Waals surface area contributed by atoms with E-state index in [9.17, 15) is 4.79 Å². The van der Waals surface area contributed by atoms with Gasteiger partial charge < -0.3 is 9.47 Å². The number of carbonyl (C=O) groups is 1. The lowest BCUT2D eigenvalue weighted by molar-refractivity contribution is 0.0728. The molecule has 0 unspecified atom stereocenters. The maximum atomic E-state index is 12.7. The van der Waals surface area contributed by atoms with Crippen molar-refractivity contribution in [2.45, 2.75) is 32.9 Å². The van der Waals surface area contributed by atoms with Crippen LogP contribution in [-0.4, -0.2) is 26.9 Å². The van der Waals surface area contributed by atoms with Gasteiger partial charge >= 0.3 is 0 Å². The van der Waals surface area contributed by atoms with E-state index in [1.807, 2.05) is 11.2 Å². The van der Waals surface area contributed by atoms with E-state index >= 15 is 0 Å². The van der Waals surface area contributed by atoms with Gasteiger partial charge in [-0.05, 0) is 32.0 Å². The number of carbonyl (C=O) groups excluding carboxylic acids is 1. The summed E-state index contributed by atoms with van der Waals surface area (Å²) in [5, 5.41) is 0.856. The van der Waals surface area contributed by atoms with Gasteiger partial charge in [-0.2, -0.15) is 0 Å². The van der Waals surface area contributed by atoms with Crippen molar-refractivity contribution in [3.63, 3.8) is 0 Å². The number of hydrogen-bond donors (Lipinski definition) is 0. The zero-order valence-electron chi connectivity index (χ0n) is 12.5. The Morgan fingerprint density at radius 1 is 1.27 bits per heavy atom. The summed E-state index contributed by atoms with van der Waals surface area (Å²) >= 11 is 11.9. The molecule has 2 heterocycles. The monoisotopic (exact) mass is 337 g/mol. The second-order valence-electron chi connectivity index (χ2n) is 5.74. The van der Waals surface area contributed by atoms with Crippen LogP contribution >= 0.6 is 23.2 Å².